The Bertz CT molecular complexity index is 166. The smallest absolute Gasteiger partial charge is 0.139 e. The van der Waals surface area contributed by atoms with Gasteiger partial charge < -0.3 is 16.3 Å². The van der Waals surface area contributed by atoms with Gasteiger partial charge in [0.15, 0.2) is 0 Å². The summed E-state index contributed by atoms with van der Waals surface area (Å²) in [4.78, 5) is 0. The zero-order valence-electron chi connectivity index (χ0n) is 8.00. The van der Waals surface area contributed by atoms with Crippen molar-refractivity contribution in [2.45, 2.75) is 32.1 Å². The minimum Gasteiger partial charge on any atom is -0.409 e. The molecular formula is C9H19N3O. The van der Waals surface area contributed by atoms with E-state index in [0.717, 1.165) is 25.3 Å². The maximum atomic E-state index is 8.27. The van der Waals surface area contributed by atoms with Gasteiger partial charge in [0.25, 0.3) is 0 Å². The van der Waals surface area contributed by atoms with E-state index in [1.54, 1.807) is 0 Å². The molecule has 1 aliphatic carbocycles. The largest absolute Gasteiger partial charge is 0.409 e. The van der Waals surface area contributed by atoms with Gasteiger partial charge in [0.1, 0.15) is 5.84 Å². The van der Waals surface area contributed by atoms with E-state index in [4.69, 9.17) is 10.9 Å². The molecule has 0 aromatic heterocycles. The first kappa shape index (κ1) is 10.3. The van der Waals surface area contributed by atoms with Gasteiger partial charge in [-0.15, -0.1) is 0 Å². The molecule has 13 heavy (non-hydrogen) atoms. The summed E-state index contributed by atoms with van der Waals surface area (Å²) in [5, 5.41) is 14.6. The summed E-state index contributed by atoms with van der Waals surface area (Å²) in [6, 6.07) is 0. The van der Waals surface area contributed by atoms with E-state index in [2.05, 4.69) is 10.5 Å². The molecule has 76 valence electrons. The highest BCUT2D eigenvalue weighted by Crippen LogP contribution is 2.27. The van der Waals surface area contributed by atoms with Crippen LogP contribution in [0, 0.1) is 5.92 Å². The number of hydrogen-bond acceptors (Lipinski definition) is 3. The topological polar surface area (TPSA) is 70.6 Å². The number of rotatable bonds is 7. The fraction of sp³-hybridized carbons (Fsp3) is 0.889. The molecule has 4 heteroatoms. The van der Waals surface area contributed by atoms with E-state index >= 15 is 0 Å². The molecule has 0 unspecified atom stereocenters. The molecule has 0 aromatic carbocycles. The average Bonchev–Trinajstić information content (AvgIpc) is 2.94. The lowest BCUT2D eigenvalue weighted by Gasteiger charge is -2.02. The summed E-state index contributed by atoms with van der Waals surface area (Å²) < 4.78 is 0. The van der Waals surface area contributed by atoms with Crippen LogP contribution in [0.5, 0.6) is 0 Å². The predicted molar refractivity (Wildman–Crippen MR) is 52.9 cm³/mol. The summed E-state index contributed by atoms with van der Waals surface area (Å²) in [7, 11) is 0. The Hall–Kier alpha value is -0.770. The fourth-order valence-corrected chi connectivity index (χ4v) is 1.23. The van der Waals surface area contributed by atoms with Crippen molar-refractivity contribution in [2.75, 3.05) is 13.1 Å². The van der Waals surface area contributed by atoms with Crippen molar-refractivity contribution >= 4 is 5.84 Å². The van der Waals surface area contributed by atoms with E-state index in [1.165, 1.54) is 19.4 Å². The summed E-state index contributed by atoms with van der Waals surface area (Å²) in [5.74, 6) is 1.28. The third kappa shape index (κ3) is 5.47. The Balaban J connectivity index is 1.77. The third-order valence-corrected chi connectivity index (χ3v) is 2.29. The van der Waals surface area contributed by atoms with Crippen LogP contribution >= 0.6 is 0 Å². The molecule has 1 fully saturated rings. The van der Waals surface area contributed by atoms with Crippen LogP contribution in [0.4, 0.5) is 0 Å². The van der Waals surface area contributed by atoms with Crippen molar-refractivity contribution in [1.82, 2.24) is 5.32 Å². The molecule has 0 bridgehead atoms. The SMILES string of the molecule is NC(CCCCNCC1CC1)=NO. The highest BCUT2D eigenvalue weighted by Gasteiger charge is 2.19. The minimum absolute atomic E-state index is 0.335. The second kappa shape index (κ2) is 5.80. The number of hydrogen-bond donors (Lipinski definition) is 3. The quantitative estimate of drug-likeness (QED) is 0.181. The van der Waals surface area contributed by atoms with Crippen molar-refractivity contribution in [3.63, 3.8) is 0 Å². The zero-order valence-corrected chi connectivity index (χ0v) is 8.00. The number of oxime groups is 1. The molecule has 1 saturated carbocycles. The van der Waals surface area contributed by atoms with Gasteiger partial charge in [-0.25, -0.2) is 0 Å². The van der Waals surface area contributed by atoms with E-state index < -0.39 is 0 Å². The molecule has 4 N–H and O–H groups in total. The highest BCUT2D eigenvalue weighted by molar-refractivity contribution is 5.79. The van der Waals surface area contributed by atoms with Crippen LogP contribution < -0.4 is 11.1 Å². The molecule has 0 heterocycles. The lowest BCUT2D eigenvalue weighted by atomic mass is 10.2. The maximum Gasteiger partial charge on any atom is 0.139 e. The molecule has 0 radical (unpaired) electrons. The first-order chi connectivity index (χ1) is 6.33. The van der Waals surface area contributed by atoms with Crippen LogP contribution in [-0.2, 0) is 0 Å². The molecule has 0 spiro atoms. The van der Waals surface area contributed by atoms with E-state index in [-0.39, 0.29) is 0 Å². The van der Waals surface area contributed by atoms with Gasteiger partial charge in [0, 0.05) is 6.42 Å². The first-order valence-electron chi connectivity index (χ1n) is 5.00. The predicted octanol–water partition coefficient (Wildman–Crippen LogP) is 0.903. The van der Waals surface area contributed by atoms with Crippen molar-refractivity contribution < 1.29 is 5.21 Å². The van der Waals surface area contributed by atoms with Gasteiger partial charge in [0.05, 0.1) is 0 Å². The number of unbranched alkanes of at least 4 members (excludes halogenated alkanes) is 1. The van der Waals surface area contributed by atoms with Crippen LogP contribution in [0.2, 0.25) is 0 Å². The molecule has 1 aliphatic rings. The minimum atomic E-state index is 0.335. The Morgan fingerprint density at radius 2 is 2.23 bits per heavy atom. The number of nitrogens with zero attached hydrogens (tertiary/aromatic N) is 1. The Morgan fingerprint density at radius 1 is 1.46 bits per heavy atom. The lowest BCUT2D eigenvalue weighted by Crippen LogP contribution is -2.18. The number of nitrogens with one attached hydrogen (secondary N) is 1. The molecule has 1 rings (SSSR count). The normalized spacial score (nSPS) is 17.7. The molecule has 0 saturated heterocycles. The summed E-state index contributed by atoms with van der Waals surface area (Å²) >= 11 is 0. The van der Waals surface area contributed by atoms with Crippen molar-refractivity contribution in [2.24, 2.45) is 16.8 Å². The van der Waals surface area contributed by atoms with Crippen LogP contribution in [0.15, 0.2) is 5.16 Å². The van der Waals surface area contributed by atoms with Gasteiger partial charge in [0.2, 0.25) is 0 Å². The Labute approximate surface area is 79.2 Å². The molecule has 0 aromatic rings. The van der Waals surface area contributed by atoms with Crippen molar-refractivity contribution in [3.8, 4) is 0 Å². The van der Waals surface area contributed by atoms with Crippen LogP contribution in [0.1, 0.15) is 32.1 Å². The van der Waals surface area contributed by atoms with Crippen LogP contribution in [-0.4, -0.2) is 24.1 Å². The van der Waals surface area contributed by atoms with E-state index in [0.29, 0.717) is 12.3 Å². The second-order valence-corrected chi connectivity index (χ2v) is 3.70. The lowest BCUT2D eigenvalue weighted by molar-refractivity contribution is 0.316. The van der Waals surface area contributed by atoms with Gasteiger partial charge in [-0.1, -0.05) is 5.16 Å². The monoisotopic (exact) mass is 185 g/mol. The number of amidine groups is 1. The summed E-state index contributed by atoms with van der Waals surface area (Å²) in [5.41, 5.74) is 5.33. The molecular weight excluding hydrogens is 166 g/mol. The van der Waals surface area contributed by atoms with Crippen molar-refractivity contribution in [1.29, 1.82) is 0 Å². The van der Waals surface area contributed by atoms with Gasteiger partial charge in [-0.05, 0) is 44.7 Å². The fourth-order valence-electron chi connectivity index (χ4n) is 1.23. The number of nitrogens with two attached hydrogens (primary N) is 1. The zero-order chi connectivity index (χ0) is 9.52. The van der Waals surface area contributed by atoms with Crippen molar-refractivity contribution in [3.05, 3.63) is 0 Å². The first-order valence-corrected chi connectivity index (χ1v) is 5.00. The highest BCUT2D eigenvalue weighted by atomic mass is 16.4. The summed E-state index contributed by atoms with van der Waals surface area (Å²) in [6.45, 7) is 2.22. The molecule has 4 nitrogen and oxygen atoms in total. The summed E-state index contributed by atoms with van der Waals surface area (Å²) in [6.07, 6.45) is 5.59. The molecule has 0 atom stereocenters. The van der Waals surface area contributed by atoms with Gasteiger partial charge >= 0.3 is 0 Å². The van der Waals surface area contributed by atoms with E-state index in [1.807, 2.05) is 0 Å². The second-order valence-electron chi connectivity index (χ2n) is 3.70. The van der Waals surface area contributed by atoms with Crippen LogP contribution in [0.3, 0.4) is 0 Å². The maximum absolute atomic E-state index is 8.27. The molecule has 0 amide bonds. The average molecular weight is 185 g/mol. The Kier molecular flexibility index (Phi) is 4.60. The van der Waals surface area contributed by atoms with Gasteiger partial charge in [-0.3, -0.25) is 0 Å². The van der Waals surface area contributed by atoms with Crippen LogP contribution in [0.25, 0.3) is 0 Å². The Morgan fingerprint density at radius 3 is 2.85 bits per heavy atom. The standard InChI is InChI=1S/C9H19N3O/c10-9(12-13)3-1-2-6-11-7-8-4-5-8/h8,11,13H,1-7H2,(H2,10,12). The van der Waals surface area contributed by atoms with Gasteiger partial charge in [-0.2, -0.15) is 0 Å². The van der Waals surface area contributed by atoms with E-state index in [9.17, 15) is 0 Å². The third-order valence-electron chi connectivity index (χ3n) is 2.29. The molecule has 0 aliphatic heterocycles.